The third kappa shape index (κ3) is 5.64. The normalized spacial score (nSPS) is 10.3. The first kappa shape index (κ1) is 21.6. The molecule has 0 aliphatic heterocycles. The third-order valence-electron chi connectivity index (χ3n) is 3.42. The summed E-state index contributed by atoms with van der Waals surface area (Å²) in [6.45, 7) is 3.70. The van der Waals surface area contributed by atoms with Crippen molar-refractivity contribution in [1.29, 1.82) is 0 Å². The van der Waals surface area contributed by atoms with Gasteiger partial charge in [-0.2, -0.15) is 0 Å². The maximum absolute atomic E-state index is 12.7. The summed E-state index contributed by atoms with van der Waals surface area (Å²) in [4.78, 5) is 23.1. The maximum atomic E-state index is 12.7. The van der Waals surface area contributed by atoms with Crippen LogP contribution in [0.1, 0.15) is 24.2 Å². The molecule has 148 valence electrons. The lowest BCUT2D eigenvalue weighted by atomic mass is 10.2. The van der Waals surface area contributed by atoms with E-state index in [1.54, 1.807) is 18.2 Å². The van der Waals surface area contributed by atoms with Crippen LogP contribution in [0.3, 0.4) is 0 Å². The summed E-state index contributed by atoms with van der Waals surface area (Å²) < 4.78 is 11.5. The zero-order chi connectivity index (χ0) is 20.8. The van der Waals surface area contributed by atoms with Gasteiger partial charge in [-0.1, -0.05) is 15.9 Å². The number of nitro groups is 1. The summed E-state index contributed by atoms with van der Waals surface area (Å²) in [5, 5.41) is 16.2. The molecule has 28 heavy (non-hydrogen) atoms. The summed E-state index contributed by atoms with van der Waals surface area (Å²) >= 11 is 8.50. The van der Waals surface area contributed by atoms with Gasteiger partial charge in [-0.25, -0.2) is 0 Å². The number of rotatable bonds is 6. The number of ether oxygens (including phenoxy) is 2. The molecule has 0 unspecified atom stereocenters. The highest BCUT2D eigenvalue weighted by atomic mass is 79.9. The van der Waals surface area contributed by atoms with Crippen LogP contribution < -0.4 is 20.1 Å². The summed E-state index contributed by atoms with van der Waals surface area (Å²) in [5.41, 5.74) is 0.408. The predicted molar refractivity (Wildman–Crippen MR) is 113 cm³/mol. The topological polar surface area (TPSA) is 103 Å². The second kappa shape index (κ2) is 9.47. The van der Waals surface area contributed by atoms with Crippen molar-refractivity contribution in [2.45, 2.75) is 20.0 Å². The maximum Gasteiger partial charge on any atom is 0.271 e. The number of nitro benzene ring substituents is 1. The SMILES string of the molecule is COc1ccc([N+](=O)[O-])cc1NC(=S)NC(=O)c1cc(Br)ccc1OC(C)C. The molecule has 2 aromatic carbocycles. The van der Waals surface area contributed by atoms with Crippen molar-refractivity contribution in [3.8, 4) is 11.5 Å². The molecule has 0 radical (unpaired) electrons. The van der Waals surface area contributed by atoms with E-state index in [2.05, 4.69) is 26.6 Å². The second-order valence-corrected chi connectivity index (χ2v) is 7.18. The summed E-state index contributed by atoms with van der Waals surface area (Å²) in [6, 6.07) is 9.07. The van der Waals surface area contributed by atoms with Crippen LogP contribution in [0.15, 0.2) is 40.9 Å². The van der Waals surface area contributed by atoms with Gasteiger partial charge in [-0.3, -0.25) is 20.2 Å². The van der Waals surface area contributed by atoms with E-state index in [0.29, 0.717) is 21.5 Å². The average molecular weight is 468 g/mol. The van der Waals surface area contributed by atoms with E-state index in [4.69, 9.17) is 21.7 Å². The molecule has 2 rings (SSSR count). The fourth-order valence-corrected chi connectivity index (χ4v) is 2.83. The Kier molecular flexibility index (Phi) is 7.30. The van der Waals surface area contributed by atoms with Gasteiger partial charge >= 0.3 is 0 Å². The van der Waals surface area contributed by atoms with Crippen LogP contribution in [0.5, 0.6) is 11.5 Å². The smallest absolute Gasteiger partial charge is 0.271 e. The third-order valence-corrected chi connectivity index (χ3v) is 4.12. The van der Waals surface area contributed by atoms with Crippen LogP contribution in [0.4, 0.5) is 11.4 Å². The number of nitrogens with one attached hydrogen (secondary N) is 2. The number of anilines is 1. The fourth-order valence-electron chi connectivity index (χ4n) is 2.27. The molecule has 0 fully saturated rings. The van der Waals surface area contributed by atoms with Crippen molar-refractivity contribution in [2.75, 3.05) is 12.4 Å². The molecule has 0 aliphatic carbocycles. The number of carbonyl (C=O) groups is 1. The molecule has 10 heteroatoms. The Morgan fingerprint density at radius 1 is 1.21 bits per heavy atom. The molecule has 0 aromatic heterocycles. The summed E-state index contributed by atoms with van der Waals surface area (Å²) in [5.74, 6) is 0.263. The molecule has 0 bridgehead atoms. The van der Waals surface area contributed by atoms with Crippen LogP contribution >= 0.6 is 28.1 Å². The Balaban J connectivity index is 2.20. The lowest BCUT2D eigenvalue weighted by Crippen LogP contribution is -2.34. The average Bonchev–Trinajstić information content (AvgIpc) is 2.62. The number of hydrogen-bond acceptors (Lipinski definition) is 6. The van der Waals surface area contributed by atoms with E-state index in [1.165, 1.54) is 25.3 Å². The van der Waals surface area contributed by atoms with Gasteiger partial charge in [0.2, 0.25) is 0 Å². The Hall–Kier alpha value is -2.72. The van der Waals surface area contributed by atoms with Gasteiger partial charge in [-0.05, 0) is 50.3 Å². The first-order valence-electron chi connectivity index (χ1n) is 8.12. The minimum Gasteiger partial charge on any atom is -0.495 e. The molecule has 2 N–H and O–H groups in total. The van der Waals surface area contributed by atoms with E-state index < -0.39 is 10.8 Å². The largest absolute Gasteiger partial charge is 0.495 e. The number of hydrogen-bond donors (Lipinski definition) is 2. The van der Waals surface area contributed by atoms with Crippen LogP contribution in [-0.4, -0.2) is 29.2 Å². The molecular formula is C18H18BrN3O5S. The number of non-ortho nitro benzene ring substituents is 1. The lowest BCUT2D eigenvalue weighted by molar-refractivity contribution is -0.384. The Morgan fingerprint density at radius 2 is 1.89 bits per heavy atom. The van der Waals surface area contributed by atoms with Gasteiger partial charge in [0.1, 0.15) is 11.5 Å². The molecule has 0 saturated carbocycles. The minimum absolute atomic E-state index is 0.0423. The monoisotopic (exact) mass is 467 g/mol. The molecule has 8 nitrogen and oxygen atoms in total. The van der Waals surface area contributed by atoms with Gasteiger partial charge in [-0.15, -0.1) is 0 Å². The highest BCUT2D eigenvalue weighted by Crippen LogP contribution is 2.29. The van der Waals surface area contributed by atoms with Gasteiger partial charge in [0.15, 0.2) is 5.11 Å². The lowest BCUT2D eigenvalue weighted by Gasteiger charge is -2.16. The van der Waals surface area contributed by atoms with Gasteiger partial charge in [0, 0.05) is 16.6 Å². The van der Waals surface area contributed by atoms with E-state index in [-0.39, 0.29) is 22.6 Å². The van der Waals surface area contributed by atoms with Gasteiger partial charge in [0.05, 0.1) is 29.4 Å². The molecule has 1 amide bonds. The molecule has 0 aliphatic rings. The Morgan fingerprint density at radius 3 is 2.50 bits per heavy atom. The van der Waals surface area contributed by atoms with Crippen molar-refractivity contribution in [3.05, 3.63) is 56.5 Å². The number of amides is 1. The van der Waals surface area contributed by atoms with Crippen LogP contribution in [0.25, 0.3) is 0 Å². The van der Waals surface area contributed by atoms with Crippen LogP contribution in [0, 0.1) is 10.1 Å². The highest BCUT2D eigenvalue weighted by molar-refractivity contribution is 9.10. The van der Waals surface area contributed by atoms with Crippen molar-refractivity contribution in [1.82, 2.24) is 5.32 Å². The zero-order valence-corrected chi connectivity index (χ0v) is 17.7. The number of benzene rings is 2. The standard InChI is InChI=1S/C18H18BrN3O5S/c1-10(2)27-15-6-4-11(19)8-13(15)17(23)21-18(28)20-14-9-12(22(24)25)5-7-16(14)26-3/h4-10H,1-3H3,(H2,20,21,23,28). The van der Waals surface area contributed by atoms with Crippen molar-refractivity contribution in [2.24, 2.45) is 0 Å². The fraction of sp³-hybridized carbons (Fsp3) is 0.222. The summed E-state index contributed by atoms with van der Waals surface area (Å²) in [7, 11) is 1.42. The predicted octanol–water partition coefficient (Wildman–Crippen LogP) is 4.28. The number of carbonyl (C=O) groups excluding carboxylic acids is 1. The number of halogens is 1. The second-order valence-electron chi connectivity index (χ2n) is 5.86. The molecule has 0 atom stereocenters. The molecule has 0 heterocycles. The Labute approximate surface area is 175 Å². The van der Waals surface area contributed by atoms with Crippen molar-refractivity contribution in [3.63, 3.8) is 0 Å². The van der Waals surface area contributed by atoms with Crippen molar-refractivity contribution < 1.29 is 19.2 Å². The van der Waals surface area contributed by atoms with E-state index in [0.717, 1.165) is 0 Å². The van der Waals surface area contributed by atoms with Crippen LogP contribution in [0.2, 0.25) is 0 Å². The van der Waals surface area contributed by atoms with E-state index >= 15 is 0 Å². The van der Waals surface area contributed by atoms with E-state index in [1.807, 2.05) is 13.8 Å². The minimum atomic E-state index is -0.538. The molecule has 0 spiro atoms. The quantitative estimate of drug-likeness (QED) is 0.371. The van der Waals surface area contributed by atoms with Crippen molar-refractivity contribution >= 4 is 50.5 Å². The molecule has 0 saturated heterocycles. The highest BCUT2D eigenvalue weighted by Gasteiger charge is 2.17. The van der Waals surface area contributed by atoms with Crippen LogP contribution in [-0.2, 0) is 0 Å². The molecular weight excluding hydrogens is 450 g/mol. The zero-order valence-electron chi connectivity index (χ0n) is 15.3. The first-order chi connectivity index (χ1) is 13.2. The number of methoxy groups -OCH3 is 1. The van der Waals surface area contributed by atoms with Gasteiger partial charge in [0.25, 0.3) is 11.6 Å². The van der Waals surface area contributed by atoms with E-state index in [9.17, 15) is 14.9 Å². The number of nitrogens with zero attached hydrogens (tertiary/aromatic N) is 1. The number of thiocarbonyl (C=S) groups is 1. The summed E-state index contributed by atoms with van der Waals surface area (Å²) in [6.07, 6.45) is -0.119. The molecule has 2 aromatic rings. The van der Waals surface area contributed by atoms with Gasteiger partial charge < -0.3 is 14.8 Å². The Bertz CT molecular complexity index is 920. The first-order valence-corrected chi connectivity index (χ1v) is 9.32.